The molecule has 0 aliphatic carbocycles. The molecule has 0 atom stereocenters. The summed E-state index contributed by atoms with van der Waals surface area (Å²) in [5, 5.41) is 7.39. The minimum atomic E-state index is -0.869. The summed E-state index contributed by atoms with van der Waals surface area (Å²) in [5.74, 6) is -1.72. The molecule has 1 heterocycles. The van der Waals surface area contributed by atoms with Crippen LogP contribution in [0.15, 0.2) is 30.5 Å². The van der Waals surface area contributed by atoms with E-state index in [0.717, 1.165) is 24.4 Å². The van der Waals surface area contributed by atoms with E-state index in [-0.39, 0.29) is 0 Å². The molecule has 0 saturated carbocycles. The molecule has 0 aliphatic rings. The van der Waals surface area contributed by atoms with Crippen molar-refractivity contribution in [2.24, 2.45) is 0 Å². The largest absolute Gasteiger partial charge is 0.311 e. The number of nitrogens with zero attached hydrogens (tertiary/aromatic N) is 2. The highest BCUT2D eigenvalue weighted by atomic mass is 19.2. The molecule has 17 heavy (non-hydrogen) atoms. The number of nitrogens with one attached hydrogen (secondary N) is 1. The lowest BCUT2D eigenvalue weighted by molar-refractivity contribution is 0.507. The van der Waals surface area contributed by atoms with Crippen molar-refractivity contribution in [3.8, 4) is 5.69 Å². The molecular formula is C12H13F2N3. The number of aromatic nitrogens is 2. The third kappa shape index (κ3) is 2.68. The van der Waals surface area contributed by atoms with Gasteiger partial charge < -0.3 is 5.32 Å². The summed E-state index contributed by atoms with van der Waals surface area (Å²) in [6.07, 6.45) is 1.72. The molecule has 0 aliphatic heterocycles. The Balaban J connectivity index is 2.21. The zero-order chi connectivity index (χ0) is 12.3. The first-order valence-electron chi connectivity index (χ1n) is 5.41. The maximum absolute atomic E-state index is 13.0. The van der Waals surface area contributed by atoms with Crippen LogP contribution in [0, 0.1) is 11.6 Å². The molecule has 1 aromatic heterocycles. The molecule has 2 rings (SSSR count). The maximum atomic E-state index is 13.0. The van der Waals surface area contributed by atoms with Gasteiger partial charge in [0.15, 0.2) is 11.6 Å². The van der Waals surface area contributed by atoms with Gasteiger partial charge >= 0.3 is 0 Å². The topological polar surface area (TPSA) is 29.9 Å². The van der Waals surface area contributed by atoms with Crippen LogP contribution in [0.5, 0.6) is 0 Å². The molecule has 0 fully saturated rings. The summed E-state index contributed by atoms with van der Waals surface area (Å²) < 4.78 is 27.3. The van der Waals surface area contributed by atoms with Crippen molar-refractivity contribution in [2.45, 2.75) is 13.5 Å². The Kier molecular flexibility index (Phi) is 3.49. The van der Waals surface area contributed by atoms with Crippen molar-refractivity contribution in [3.05, 3.63) is 47.8 Å². The van der Waals surface area contributed by atoms with Gasteiger partial charge in [-0.1, -0.05) is 6.92 Å². The minimum Gasteiger partial charge on any atom is -0.311 e. The van der Waals surface area contributed by atoms with Gasteiger partial charge in [0, 0.05) is 18.8 Å². The average molecular weight is 237 g/mol. The van der Waals surface area contributed by atoms with Crippen molar-refractivity contribution in [1.29, 1.82) is 0 Å². The molecule has 0 amide bonds. The van der Waals surface area contributed by atoms with Gasteiger partial charge in [-0.25, -0.2) is 13.5 Å². The normalized spacial score (nSPS) is 10.8. The van der Waals surface area contributed by atoms with Gasteiger partial charge in [-0.05, 0) is 24.7 Å². The molecule has 90 valence electrons. The highest BCUT2D eigenvalue weighted by Crippen LogP contribution is 2.12. The zero-order valence-electron chi connectivity index (χ0n) is 9.45. The van der Waals surface area contributed by atoms with Gasteiger partial charge in [0.1, 0.15) is 0 Å². The van der Waals surface area contributed by atoms with Crippen molar-refractivity contribution >= 4 is 0 Å². The van der Waals surface area contributed by atoms with Crippen molar-refractivity contribution < 1.29 is 8.78 Å². The first-order valence-corrected chi connectivity index (χ1v) is 5.41. The molecule has 0 unspecified atom stereocenters. The summed E-state index contributed by atoms with van der Waals surface area (Å²) in [4.78, 5) is 0. The lowest BCUT2D eigenvalue weighted by Gasteiger charge is -2.02. The second kappa shape index (κ2) is 5.05. The van der Waals surface area contributed by atoms with Crippen LogP contribution in [0.1, 0.15) is 12.6 Å². The fourth-order valence-corrected chi connectivity index (χ4v) is 1.48. The summed E-state index contributed by atoms with van der Waals surface area (Å²) in [7, 11) is 0. The Bertz CT molecular complexity index is 508. The molecular weight excluding hydrogens is 224 g/mol. The molecule has 5 heteroatoms. The molecule has 0 saturated heterocycles. The Morgan fingerprint density at radius 3 is 2.76 bits per heavy atom. The number of hydrogen-bond acceptors (Lipinski definition) is 2. The highest BCUT2D eigenvalue weighted by Gasteiger charge is 2.05. The number of halogens is 2. The Hall–Kier alpha value is -1.75. The SMILES string of the molecule is CCNCc1ccn(-c2ccc(F)c(F)c2)n1. The van der Waals surface area contributed by atoms with Crippen LogP contribution < -0.4 is 5.32 Å². The van der Waals surface area contributed by atoms with Crippen LogP contribution in [-0.2, 0) is 6.54 Å². The number of benzene rings is 1. The monoisotopic (exact) mass is 237 g/mol. The first kappa shape index (κ1) is 11.7. The zero-order valence-corrected chi connectivity index (χ0v) is 9.45. The molecule has 0 radical (unpaired) electrons. The minimum absolute atomic E-state index is 0.506. The predicted molar refractivity (Wildman–Crippen MR) is 60.9 cm³/mol. The van der Waals surface area contributed by atoms with E-state index in [0.29, 0.717) is 12.2 Å². The van der Waals surface area contributed by atoms with E-state index in [1.165, 1.54) is 10.7 Å². The van der Waals surface area contributed by atoms with Crippen molar-refractivity contribution in [3.63, 3.8) is 0 Å². The van der Waals surface area contributed by atoms with Crippen LogP contribution >= 0.6 is 0 Å². The number of hydrogen-bond donors (Lipinski definition) is 1. The number of rotatable bonds is 4. The van der Waals surface area contributed by atoms with Gasteiger partial charge in [-0.3, -0.25) is 0 Å². The van der Waals surface area contributed by atoms with E-state index in [9.17, 15) is 8.78 Å². The predicted octanol–water partition coefficient (Wildman–Crippen LogP) is 2.26. The second-order valence-electron chi connectivity index (χ2n) is 3.63. The van der Waals surface area contributed by atoms with Crippen LogP contribution in [0.4, 0.5) is 8.78 Å². The Labute approximate surface area is 98.1 Å². The van der Waals surface area contributed by atoms with Crippen LogP contribution in [0.2, 0.25) is 0 Å². The molecule has 3 nitrogen and oxygen atoms in total. The third-order valence-electron chi connectivity index (χ3n) is 2.37. The molecule has 2 aromatic rings. The molecule has 1 N–H and O–H groups in total. The van der Waals surface area contributed by atoms with Gasteiger partial charge in [0.25, 0.3) is 0 Å². The van der Waals surface area contributed by atoms with Crippen LogP contribution in [0.3, 0.4) is 0 Å². The van der Waals surface area contributed by atoms with Gasteiger partial charge in [-0.15, -0.1) is 0 Å². The Morgan fingerprint density at radius 2 is 2.06 bits per heavy atom. The quantitative estimate of drug-likeness (QED) is 0.884. The van der Waals surface area contributed by atoms with Gasteiger partial charge in [0.05, 0.1) is 11.4 Å². The first-order chi connectivity index (χ1) is 8.20. The third-order valence-corrected chi connectivity index (χ3v) is 2.37. The lowest BCUT2D eigenvalue weighted by atomic mass is 10.3. The van der Waals surface area contributed by atoms with Gasteiger partial charge in [0.2, 0.25) is 0 Å². The molecule has 0 bridgehead atoms. The van der Waals surface area contributed by atoms with Crippen molar-refractivity contribution in [2.75, 3.05) is 6.54 Å². The highest BCUT2D eigenvalue weighted by molar-refractivity contribution is 5.32. The van der Waals surface area contributed by atoms with Crippen molar-refractivity contribution in [1.82, 2.24) is 15.1 Å². The van der Waals surface area contributed by atoms with E-state index in [1.54, 1.807) is 6.20 Å². The van der Waals surface area contributed by atoms with Crippen LogP contribution in [-0.4, -0.2) is 16.3 Å². The van der Waals surface area contributed by atoms with E-state index >= 15 is 0 Å². The van der Waals surface area contributed by atoms with E-state index < -0.39 is 11.6 Å². The fourth-order valence-electron chi connectivity index (χ4n) is 1.48. The standard InChI is InChI=1S/C12H13F2N3/c1-2-15-8-9-5-6-17(16-9)10-3-4-11(13)12(14)7-10/h3-7,15H,2,8H2,1H3. The molecule has 1 aromatic carbocycles. The Morgan fingerprint density at radius 1 is 1.24 bits per heavy atom. The fraction of sp³-hybridized carbons (Fsp3) is 0.250. The summed E-state index contributed by atoms with van der Waals surface area (Å²) in [5.41, 5.74) is 1.36. The van der Waals surface area contributed by atoms with Gasteiger partial charge in [-0.2, -0.15) is 5.10 Å². The lowest BCUT2D eigenvalue weighted by Crippen LogP contribution is -2.12. The second-order valence-corrected chi connectivity index (χ2v) is 3.63. The summed E-state index contributed by atoms with van der Waals surface area (Å²) >= 11 is 0. The summed E-state index contributed by atoms with van der Waals surface area (Å²) in [6.45, 7) is 3.53. The maximum Gasteiger partial charge on any atom is 0.160 e. The average Bonchev–Trinajstić information content (AvgIpc) is 2.79. The molecule has 0 spiro atoms. The van der Waals surface area contributed by atoms with Crippen LogP contribution in [0.25, 0.3) is 5.69 Å². The smallest absolute Gasteiger partial charge is 0.160 e. The van der Waals surface area contributed by atoms with E-state index in [4.69, 9.17) is 0 Å². The van der Waals surface area contributed by atoms with E-state index in [1.807, 2.05) is 13.0 Å². The summed E-state index contributed by atoms with van der Waals surface area (Å²) in [6, 6.07) is 5.54. The van der Waals surface area contributed by atoms with E-state index in [2.05, 4.69) is 10.4 Å².